The molecule has 0 saturated carbocycles. The molecule has 0 unspecified atom stereocenters. The number of benzene rings is 1. The molecule has 0 aliphatic carbocycles. The van der Waals surface area contributed by atoms with Gasteiger partial charge in [0.25, 0.3) is 0 Å². The zero-order chi connectivity index (χ0) is 13.9. The Morgan fingerprint density at radius 3 is 2.56 bits per heavy atom. The van der Waals surface area contributed by atoms with Crippen LogP contribution in [0.15, 0.2) is 12.1 Å². The summed E-state index contributed by atoms with van der Waals surface area (Å²) >= 11 is 0. The van der Waals surface area contributed by atoms with E-state index in [-0.39, 0.29) is 23.7 Å². The molecule has 1 aromatic carbocycles. The Balaban J connectivity index is 3.43. The number of nitriles is 1. The molecule has 5 heteroatoms. The van der Waals surface area contributed by atoms with E-state index < -0.39 is 11.5 Å². The standard InChI is InChI=1S/C13H18N2O3/c1-13(2,7-16)12(15)10-8(6-14)4-5-9(18-3)11(10)17/h4-5,12,16-17H,7,15H2,1-3H3/t12-/m1/s1. The summed E-state index contributed by atoms with van der Waals surface area (Å²) in [7, 11) is 1.42. The van der Waals surface area contributed by atoms with Crippen LogP contribution in [0.4, 0.5) is 0 Å². The molecule has 18 heavy (non-hydrogen) atoms. The second kappa shape index (κ2) is 5.25. The minimum atomic E-state index is -0.674. The fourth-order valence-electron chi connectivity index (χ4n) is 1.65. The van der Waals surface area contributed by atoms with Gasteiger partial charge in [-0.2, -0.15) is 5.26 Å². The molecule has 1 aromatic rings. The molecule has 0 aliphatic rings. The van der Waals surface area contributed by atoms with Crippen LogP contribution in [-0.2, 0) is 0 Å². The number of phenols is 1. The van der Waals surface area contributed by atoms with E-state index in [0.717, 1.165) is 0 Å². The molecular formula is C13H18N2O3. The van der Waals surface area contributed by atoms with Gasteiger partial charge in [0, 0.05) is 23.6 Å². The lowest BCUT2D eigenvalue weighted by molar-refractivity contribution is 0.131. The number of aliphatic hydroxyl groups is 1. The summed E-state index contributed by atoms with van der Waals surface area (Å²) in [6, 6.07) is 4.37. The van der Waals surface area contributed by atoms with Crippen molar-refractivity contribution in [1.82, 2.24) is 0 Å². The van der Waals surface area contributed by atoms with Crippen LogP contribution in [0.25, 0.3) is 0 Å². The predicted octanol–water partition coefficient (Wildman–Crippen LogP) is 1.29. The third-order valence-electron chi connectivity index (χ3n) is 3.08. The predicted molar refractivity (Wildman–Crippen MR) is 67.2 cm³/mol. The maximum Gasteiger partial charge on any atom is 0.163 e. The maximum atomic E-state index is 10.1. The van der Waals surface area contributed by atoms with E-state index >= 15 is 0 Å². The first-order valence-corrected chi connectivity index (χ1v) is 5.55. The first-order chi connectivity index (χ1) is 8.38. The first kappa shape index (κ1) is 14.3. The van der Waals surface area contributed by atoms with Crippen LogP contribution in [0.3, 0.4) is 0 Å². The highest BCUT2D eigenvalue weighted by molar-refractivity contribution is 5.55. The Morgan fingerprint density at radius 2 is 2.11 bits per heavy atom. The molecule has 0 fully saturated rings. The molecule has 0 amide bonds. The number of methoxy groups -OCH3 is 1. The third-order valence-corrected chi connectivity index (χ3v) is 3.08. The van der Waals surface area contributed by atoms with Gasteiger partial charge in [0.05, 0.1) is 18.7 Å². The first-order valence-electron chi connectivity index (χ1n) is 5.55. The molecule has 1 rings (SSSR count). The molecule has 0 heterocycles. The average Bonchev–Trinajstić information content (AvgIpc) is 2.37. The van der Waals surface area contributed by atoms with Gasteiger partial charge >= 0.3 is 0 Å². The van der Waals surface area contributed by atoms with E-state index in [4.69, 9.17) is 15.7 Å². The van der Waals surface area contributed by atoms with E-state index in [1.165, 1.54) is 13.2 Å². The number of hydrogen-bond donors (Lipinski definition) is 3. The summed E-state index contributed by atoms with van der Waals surface area (Å²) in [6.45, 7) is 3.37. The van der Waals surface area contributed by atoms with Gasteiger partial charge < -0.3 is 20.7 Å². The number of aliphatic hydroxyl groups excluding tert-OH is 1. The number of ether oxygens (including phenoxy) is 1. The number of aromatic hydroxyl groups is 1. The van der Waals surface area contributed by atoms with Gasteiger partial charge in [-0.15, -0.1) is 0 Å². The van der Waals surface area contributed by atoms with Crippen molar-refractivity contribution in [2.45, 2.75) is 19.9 Å². The van der Waals surface area contributed by atoms with Crippen molar-refractivity contribution in [2.24, 2.45) is 11.1 Å². The Bertz CT molecular complexity index is 478. The Morgan fingerprint density at radius 1 is 1.50 bits per heavy atom. The van der Waals surface area contributed by atoms with E-state index in [0.29, 0.717) is 5.56 Å². The highest BCUT2D eigenvalue weighted by Crippen LogP contribution is 2.41. The van der Waals surface area contributed by atoms with Crippen molar-refractivity contribution < 1.29 is 14.9 Å². The highest BCUT2D eigenvalue weighted by Gasteiger charge is 2.32. The summed E-state index contributed by atoms with van der Waals surface area (Å²) < 4.78 is 5.00. The fourth-order valence-corrected chi connectivity index (χ4v) is 1.65. The second-order valence-electron chi connectivity index (χ2n) is 4.81. The SMILES string of the molecule is COc1ccc(C#N)c([C@@H](N)C(C)(C)CO)c1O. The van der Waals surface area contributed by atoms with Crippen molar-refractivity contribution >= 4 is 0 Å². The molecular weight excluding hydrogens is 232 g/mol. The number of hydrogen-bond acceptors (Lipinski definition) is 5. The molecule has 0 spiro atoms. The lowest BCUT2D eigenvalue weighted by atomic mass is 9.80. The number of nitrogens with two attached hydrogens (primary N) is 1. The topological polar surface area (TPSA) is 99.5 Å². The number of rotatable bonds is 4. The van der Waals surface area contributed by atoms with Crippen molar-refractivity contribution in [2.75, 3.05) is 13.7 Å². The van der Waals surface area contributed by atoms with Gasteiger partial charge in [-0.25, -0.2) is 0 Å². The van der Waals surface area contributed by atoms with Crippen LogP contribution in [0.2, 0.25) is 0 Å². The van der Waals surface area contributed by atoms with E-state index in [9.17, 15) is 10.2 Å². The van der Waals surface area contributed by atoms with Crippen LogP contribution in [-0.4, -0.2) is 23.9 Å². The van der Waals surface area contributed by atoms with Gasteiger partial charge in [-0.1, -0.05) is 13.8 Å². The van der Waals surface area contributed by atoms with Crippen molar-refractivity contribution in [3.8, 4) is 17.6 Å². The number of nitrogens with zero attached hydrogens (tertiary/aromatic N) is 1. The normalized spacial score (nSPS) is 12.9. The Hall–Kier alpha value is -1.77. The monoisotopic (exact) mass is 250 g/mol. The summed E-state index contributed by atoms with van der Waals surface area (Å²) in [5.41, 5.74) is 5.98. The van der Waals surface area contributed by atoms with Gasteiger partial charge in [0.2, 0.25) is 0 Å². The molecule has 98 valence electrons. The highest BCUT2D eigenvalue weighted by atomic mass is 16.5. The lowest BCUT2D eigenvalue weighted by Gasteiger charge is -2.31. The lowest BCUT2D eigenvalue weighted by Crippen LogP contribution is -2.33. The summed E-state index contributed by atoms with van der Waals surface area (Å²) in [5.74, 6) is 0.110. The van der Waals surface area contributed by atoms with Crippen LogP contribution in [0.1, 0.15) is 31.0 Å². The third kappa shape index (κ3) is 2.40. The minimum Gasteiger partial charge on any atom is -0.504 e. The molecule has 0 saturated heterocycles. The maximum absolute atomic E-state index is 10.1. The zero-order valence-corrected chi connectivity index (χ0v) is 10.8. The van der Waals surface area contributed by atoms with Crippen LogP contribution >= 0.6 is 0 Å². The minimum absolute atomic E-state index is 0.148. The van der Waals surface area contributed by atoms with E-state index in [2.05, 4.69) is 0 Å². The molecule has 0 radical (unpaired) electrons. The molecule has 0 bridgehead atoms. The molecule has 0 aromatic heterocycles. The fraction of sp³-hybridized carbons (Fsp3) is 0.462. The number of phenolic OH excluding ortho intramolecular Hbond substituents is 1. The average molecular weight is 250 g/mol. The Labute approximate surface area is 106 Å². The van der Waals surface area contributed by atoms with Crippen LogP contribution in [0, 0.1) is 16.7 Å². The van der Waals surface area contributed by atoms with Crippen molar-refractivity contribution in [3.63, 3.8) is 0 Å². The van der Waals surface area contributed by atoms with E-state index in [1.807, 2.05) is 6.07 Å². The molecule has 4 N–H and O–H groups in total. The van der Waals surface area contributed by atoms with Gasteiger partial charge in [0.1, 0.15) is 0 Å². The van der Waals surface area contributed by atoms with Crippen molar-refractivity contribution in [3.05, 3.63) is 23.3 Å². The second-order valence-corrected chi connectivity index (χ2v) is 4.81. The molecule has 1 atom stereocenters. The van der Waals surface area contributed by atoms with E-state index in [1.54, 1.807) is 19.9 Å². The summed E-state index contributed by atoms with van der Waals surface area (Å²) in [6.07, 6.45) is 0. The van der Waals surface area contributed by atoms with Gasteiger partial charge in [-0.3, -0.25) is 0 Å². The van der Waals surface area contributed by atoms with Gasteiger partial charge in [-0.05, 0) is 12.1 Å². The quantitative estimate of drug-likeness (QED) is 0.747. The van der Waals surface area contributed by atoms with Crippen LogP contribution < -0.4 is 10.5 Å². The Kier molecular flexibility index (Phi) is 4.17. The van der Waals surface area contributed by atoms with Crippen LogP contribution in [0.5, 0.6) is 11.5 Å². The molecule has 0 aliphatic heterocycles. The van der Waals surface area contributed by atoms with Gasteiger partial charge in [0.15, 0.2) is 11.5 Å². The molecule has 5 nitrogen and oxygen atoms in total. The zero-order valence-electron chi connectivity index (χ0n) is 10.8. The van der Waals surface area contributed by atoms with Crippen molar-refractivity contribution in [1.29, 1.82) is 5.26 Å². The largest absolute Gasteiger partial charge is 0.504 e. The summed E-state index contributed by atoms with van der Waals surface area (Å²) in [4.78, 5) is 0. The summed E-state index contributed by atoms with van der Waals surface area (Å²) in [5, 5.41) is 28.5. The smallest absolute Gasteiger partial charge is 0.163 e.